The van der Waals surface area contributed by atoms with Crippen LogP contribution >= 0.6 is 0 Å². The van der Waals surface area contributed by atoms with Crippen LogP contribution < -0.4 is 15.2 Å². The molecular weight excluding hydrogens is 448 g/mol. The average Bonchev–Trinajstić information content (AvgIpc) is 3.42. The molecule has 5 rings (SSSR count). The van der Waals surface area contributed by atoms with Gasteiger partial charge in [0.15, 0.2) is 5.71 Å². The minimum Gasteiger partial charge on any atom is -0.505 e. The van der Waals surface area contributed by atoms with Crippen LogP contribution in [0, 0.1) is 6.92 Å². The number of carboxylic acid groups (broad SMARTS) is 1. The van der Waals surface area contributed by atoms with Crippen LogP contribution in [0.15, 0.2) is 64.8 Å². The van der Waals surface area contributed by atoms with E-state index in [9.17, 15) is 19.8 Å². The summed E-state index contributed by atoms with van der Waals surface area (Å²) >= 11 is 0. The number of benzene rings is 3. The number of amides is 1. The average molecular weight is 470 g/mol. The van der Waals surface area contributed by atoms with Gasteiger partial charge >= 0.3 is 11.9 Å². The maximum atomic E-state index is 13.1. The fourth-order valence-corrected chi connectivity index (χ4v) is 4.13. The van der Waals surface area contributed by atoms with E-state index in [2.05, 4.69) is 15.6 Å². The van der Waals surface area contributed by atoms with E-state index in [4.69, 9.17) is 4.74 Å². The Balaban J connectivity index is 1.43. The van der Waals surface area contributed by atoms with Crippen molar-refractivity contribution in [2.75, 3.05) is 17.0 Å². The molecule has 0 unspecified atom stereocenters. The van der Waals surface area contributed by atoms with Crippen molar-refractivity contribution in [2.24, 2.45) is 10.2 Å². The second-order valence-corrected chi connectivity index (χ2v) is 8.36. The Kier molecular flexibility index (Phi) is 5.44. The molecule has 0 aliphatic carbocycles. The highest BCUT2D eigenvalue weighted by molar-refractivity contribution is 6.71. The first-order chi connectivity index (χ1) is 16.8. The molecule has 0 saturated carbocycles. The SMILES string of the molecule is CC1=NN(c2ccc3c(c2)CCO3)C(=O)/C1=N\Nc1cc(C)cc(-c2cccc(C(=O)O)c2)c1O. The number of aromatic hydroxyl groups is 1. The van der Waals surface area contributed by atoms with Crippen LogP contribution in [0.3, 0.4) is 0 Å². The van der Waals surface area contributed by atoms with E-state index >= 15 is 0 Å². The highest BCUT2D eigenvalue weighted by Crippen LogP contribution is 2.37. The van der Waals surface area contributed by atoms with Crippen LogP contribution in [0.1, 0.15) is 28.4 Å². The quantitative estimate of drug-likeness (QED) is 0.379. The molecule has 3 aromatic rings. The normalized spacial score (nSPS) is 15.7. The van der Waals surface area contributed by atoms with Gasteiger partial charge in [-0.2, -0.15) is 15.2 Å². The molecule has 35 heavy (non-hydrogen) atoms. The fourth-order valence-electron chi connectivity index (χ4n) is 4.13. The summed E-state index contributed by atoms with van der Waals surface area (Å²) in [6, 6.07) is 15.2. The van der Waals surface area contributed by atoms with Crippen molar-refractivity contribution in [3.05, 3.63) is 71.3 Å². The smallest absolute Gasteiger partial charge is 0.335 e. The highest BCUT2D eigenvalue weighted by atomic mass is 16.5. The number of phenolic OH excluding ortho intramolecular Hbond substituents is 1. The van der Waals surface area contributed by atoms with Crippen molar-refractivity contribution in [3.8, 4) is 22.6 Å². The molecule has 1 amide bonds. The number of carboxylic acids is 1. The molecule has 9 nitrogen and oxygen atoms in total. The van der Waals surface area contributed by atoms with Crippen molar-refractivity contribution in [1.29, 1.82) is 0 Å². The van der Waals surface area contributed by atoms with E-state index in [0.717, 1.165) is 23.3 Å². The maximum Gasteiger partial charge on any atom is 0.335 e. The van der Waals surface area contributed by atoms with Crippen molar-refractivity contribution >= 4 is 34.7 Å². The Hall–Kier alpha value is -4.66. The molecule has 0 saturated heterocycles. The molecule has 3 aromatic carbocycles. The minimum absolute atomic E-state index is 0.111. The zero-order chi connectivity index (χ0) is 24.7. The number of anilines is 2. The van der Waals surface area contributed by atoms with Crippen LogP contribution in [0.4, 0.5) is 11.4 Å². The van der Waals surface area contributed by atoms with Crippen LogP contribution in [0.2, 0.25) is 0 Å². The zero-order valence-corrected chi connectivity index (χ0v) is 19.1. The number of hydrogen-bond donors (Lipinski definition) is 3. The Bertz CT molecular complexity index is 1440. The molecule has 2 aliphatic rings. The molecule has 0 aromatic heterocycles. The largest absolute Gasteiger partial charge is 0.505 e. The lowest BCUT2D eigenvalue weighted by atomic mass is 9.99. The molecular formula is C26H22N4O5. The van der Waals surface area contributed by atoms with E-state index in [-0.39, 0.29) is 22.7 Å². The third-order valence-electron chi connectivity index (χ3n) is 5.87. The number of carbonyl (C=O) groups excluding carboxylic acids is 1. The molecule has 0 bridgehead atoms. The first kappa shape index (κ1) is 22.1. The molecule has 3 N–H and O–H groups in total. The number of fused-ring (bicyclic) bond motifs is 1. The predicted octanol–water partition coefficient (Wildman–Crippen LogP) is 4.19. The van der Waals surface area contributed by atoms with Crippen molar-refractivity contribution in [1.82, 2.24) is 0 Å². The van der Waals surface area contributed by atoms with Gasteiger partial charge in [-0.15, -0.1) is 0 Å². The zero-order valence-electron chi connectivity index (χ0n) is 19.1. The predicted molar refractivity (Wildman–Crippen MR) is 133 cm³/mol. The second kappa shape index (κ2) is 8.60. The Morgan fingerprint density at radius 3 is 2.77 bits per heavy atom. The van der Waals surface area contributed by atoms with Gasteiger partial charge in [0, 0.05) is 12.0 Å². The maximum absolute atomic E-state index is 13.1. The first-order valence-corrected chi connectivity index (χ1v) is 11.0. The summed E-state index contributed by atoms with van der Waals surface area (Å²) in [5.74, 6) is -0.747. The summed E-state index contributed by atoms with van der Waals surface area (Å²) in [5.41, 5.74) is 7.19. The minimum atomic E-state index is -1.06. The van der Waals surface area contributed by atoms with Crippen LogP contribution in [0.25, 0.3) is 11.1 Å². The van der Waals surface area contributed by atoms with Gasteiger partial charge in [0.2, 0.25) is 0 Å². The lowest BCUT2D eigenvalue weighted by Gasteiger charge is -2.13. The molecule has 2 heterocycles. The number of aryl methyl sites for hydroxylation is 1. The summed E-state index contributed by atoms with van der Waals surface area (Å²) in [6.45, 7) is 4.15. The van der Waals surface area contributed by atoms with Gasteiger partial charge in [-0.25, -0.2) is 4.79 Å². The van der Waals surface area contributed by atoms with Gasteiger partial charge < -0.3 is 14.9 Å². The Labute approximate surface area is 201 Å². The van der Waals surface area contributed by atoms with Gasteiger partial charge in [-0.1, -0.05) is 12.1 Å². The highest BCUT2D eigenvalue weighted by Gasteiger charge is 2.31. The molecule has 0 fully saturated rings. The molecule has 9 heteroatoms. The fraction of sp³-hybridized carbons (Fsp3) is 0.154. The van der Waals surface area contributed by atoms with Gasteiger partial charge in [0.1, 0.15) is 11.5 Å². The number of rotatable bonds is 5. The third-order valence-corrected chi connectivity index (χ3v) is 5.87. The molecule has 176 valence electrons. The number of nitrogens with zero attached hydrogens (tertiary/aromatic N) is 3. The summed E-state index contributed by atoms with van der Waals surface area (Å²) < 4.78 is 5.53. The number of hydrogen-bond acceptors (Lipinski definition) is 7. The summed E-state index contributed by atoms with van der Waals surface area (Å²) in [4.78, 5) is 24.4. The summed E-state index contributed by atoms with van der Waals surface area (Å²) in [7, 11) is 0. The van der Waals surface area contributed by atoms with Gasteiger partial charge in [0.25, 0.3) is 0 Å². The van der Waals surface area contributed by atoms with Gasteiger partial charge in [-0.3, -0.25) is 10.2 Å². The summed E-state index contributed by atoms with van der Waals surface area (Å²) in [5, 5.41) is 30.1. The standard InChI is InChI=1S/C26H22N4O5/c1-14-10-20(16-4-3-5-18(12-16)26(33)34)24(31)21(11-14)27-28-23-15(2)29-30(25(23)32)19-6-7-22-17(13-19)8-9-35-22/h3-7,10-13,27,31H,8-9H2,1-2H3,(H,33,34)/b28-23-. The van der Waals surface area contributed by atoms with E-state index < -0.39 is 11.9 Å². The van der Waals surface area contributed by atoms with E-state index in [0.29, 0.717) is 29.1 Å². The lowest BCUT2D eigenvalue weighted by Crippen LogP contribution is -2.28. The van der Waals surface area contributed by atoms with E-state index in [1.165, 1.54) is 17.1 Å². The van der Waals surface area contributed by atoms with Crippen molar-refractivity contribution < 1.29 is 24.5 Å². The van der Waals surface area contributed by atoms with E-state index in [1.54, 1.807) is 37.3 Å². The number of hydrazone groups is 2. The van der Waals surface area contributed by atoms with Crippen LogP contribution in [-0.2, 0) is 11.2 Å². The molecule has 2 aliphatic heterocycles. The molecule has 0 spiro atoms. The lowest BCUT2D eigenvalue weighted by molar-refractivity contribution is -0.112. The Morgan fingerprint density at radius 2 is 1.97 bits per heavy atom. The monoisotopic (exact) mass is 470 g/mol. The van der Waals surface area contributed by atoms with E-state index in [1.807, 2.05) is 19.1 Å². The number of phenols is 1. The van der Waals surface area contributed by atoms with Crippen LogP contribution in [0.5, 0.6) is 11.5 Å². The number of nitrogens with one attached hydrogen (secondary N) is 1. The molecule has 0 atom stereocenters. The number of ether oxygens (including phenoxy) is 1. The number of carbonyl (C=O) groups is 2. The number of aromatic carboxylic acids is 1. The topological polar surface area (TPSA) is 124 Å². The summed E-state index contributed by atoms with van der Waals surface area (Å²) in [6.07, 6.45) is 0.779. The molecule has 0 radical (unpaired) electrons. The Morgan fingerprint density at radius 1 is 1.14 bits per heavy atom. The third kappa shape index (κ3) is 4.08. The first-order valence-electron chi connectivity index (χ1n) is 11.0. The van der Waals surface area contributed by atoms with Gasteiger partial charge in [-0.05, 0) is 73.0 Å². The van der Waals surface area contributed by atoms with Crippen molar-refractivity contribution in [3.63, 3.8) is 0 Å². The van der Waals surface area contributed by atoms with Crippen molar-refractivity contribution in [2.45, 2.75) is 20.3 Å². The second-order valence-electron chi connectivity index (χ2n) is 8.36. The van der Waals surface area contributed by atoms with Gasteiger partial charge in [0.05, 0.1) is 29.3 Å². The van der Waals surface area contributed by atoms with Crippen LogP contribution in [-0.4, -0.2) is 40.1 Å².